The lowest BCUT2D eigenvalue weighted by Gasteiger charge is -2.28. The van der Waals surface area contributed by atoms with E-state index < -0.39 is 0 Å². The predicted molar refractivity (Wildman–Crippen MR) is 64.7 cm³/mol. The van der Waals surface area contributed by atoms with Crippen molar-refractivity contribution in [2.75, 3.05) is 18.1 Å². The van der Waals surface area contributed by atoms with Gasteiger partial charge < -0.3 is 4.90 Å². The van der Waals surface area contributed by atoms with E-state index in [0.29, 0.717) is 17.7 Å². The van der Waals surface area contributed by atoms with Crippen LogP contribution in [0.4, 0.5) is 0 Å². The first-order chi connectivity index (χ1) is 6.49. The third kappa shape index (κ3) is 5.53. The van der Waals surface area contributed by atoms with E-state index in [4.69, 9.17) is 0 Å². The second-order valence-corrected chi connectivity index (χ2v) is 5.45. The third-order valence-electron chi connectivity index (χ3n) is 1.94. The van der Waals surface area contributed by atoms with Crippen LogP contribution in [0.25, 0.3) is 0 Å². The monoisotopic (exact) mass is 217 g/mol. The van der Waals surface area contributed by atoms with Crippen molar-refractivity contribution in [3.8, 4) is 0 Å². The molecule has 0 rings (SSSR count). The Labute approximate surface area is 92.4 Å². The Morgan fingerprint density at radius 1 is 1.29 bits per heavy atom. The largest absolute Gasteiger partial charge is 0.339 e. The molecule has 0 bridgehead atoms. The number of hydrogen-bond acceptors (Lipinski definition) is 2. The lowest BCUT2D eigenvalue weighted by Crippen LogP contribution is -2.40. The summed E-state index contributed by atoms with van der Waals surface area (Å²) in [6.45, 7) is 11.4. The first-order valence-corrected chi connectivity index (χ1v) is 6.51. The topological polar surface area (TPSA) is 20.3 Å². The van der Waals surface area contributed by atoms with E-state index in [1.807, 2.05) is 4.90 Å². The molecular weight excluding hydrogens is 194 g/mol. The van der Waals surface area contributed by atoms with Crippen LogP contribution in [0.3, 0.4) is 0 Å². The van der Waals surface area contributed by atoms with Crippen molar-refractivity contribution in [1.82, 2.24) is 4.90 Å². The van der Waals surface area contributed by atoms with Gasteiger partial charge in [-0.3, -0.25) is 4.79 Å². The van der Waals surface area contributed by atoms with Crippen LogP contribution in [0.5, 0.6) is 0 Å². The van der Waals surface area contributed by atoms with E-state index in [0.717, 1.165) is 12.3 Å². The quantitative estimate of drug-likeness (QED) is 0.681. The summed E-state index contributed by atoms with van der Waals surface area (Å²) in [5.74, 6) is 2.47. The summed E-state index contributed by atoms with van der Waals surface area (Å²) >= 11 is 1.70. The summed E-state index contributed by atoms with van der Waals surface area (Å²) in [6.07, 6.45) is 0. The zero-order valence-corrected chi connectivity index (χ0v) is 10.9. The molecule has 0 unspecified atom stereocenters. The smallest absolute Gasteiger partial charge is 0.232 e. The van der Waals surface area contributed by atoms with E-state index in [9.17, 15) is 4.79 Å². The summed E-state index contributed by atoms with van der Waals surface area (Å²) in [7, 11) is 0. The van der Waals surface area contributed by atoms with Gasteiger partial charge in [-0.25, -0.2) is 0 Å². The van der Waals surface area contributed by atoms with Gasteiger partial charge in [-0.15, -0.1) is 0 Å². The molecule has 0 aromatic rings. The molecule has 0 radical (unpaired) electrons. The van der Waals surface area contributed by atoms with Crippen LogP contribution in [0.1, 0.15) is 34.6 Å². The molecule has 0 fully saturated rings. The minimum atomic E-state index is 0.278. The summed E-state index contributed by atoms with van der Waals surface area (Å²) in [6, 6.07) is 0.322. The SMILES string of the molecule is CCSCC(=O)N(CC(C)C)C(C)C. The molecule has 0 aromatic carbocycles. The molecule has 0 aliphatic carbocycles. The van der Waals surface area contributed by atoms with Crippen molar-refractivity contribution >= 4 is 17.7 Å². The average Bonchev–Trinajstić information content (AvgIpc) is 2.09. The maximum atomic E-state index is 11.8. The van der Waals surface area contributed by atoms with Gasteiger partial charge in [0.1, 0.15) is 0 Å². The van der Waals surface area contributed by atoms with Crippen LogP contribution < -0.4 is 0 Å². The molecule has 0 heterocycles. The minimum absolute atomic E-state index is 0.278. The van der Waals surface area contributed by atoms with Gasteiger partial charge in [0.15, 0.2) is 0 Å². The molecular formula is C11H23NOS. The van der Waals surface area contributed by atoms with Crippen LogP contribution >= 0.6 is 11.8 Å². The molecule has 0 aliphatic heterocycles. The molecule has 3 heteroatoms. The number of rotatable bonds is 6. The van der Waals surface area contributed by atoms with Crippen molar-refractivity contribution in [3.63, 3.8) is 0 Å². The van der Waals surface area contributed by atoms with E-state index in [1.165, 1.54) is 0 Å². The first kappa shape index (κ1) is 13.8. The van der Waals surface area contributed by atoms with Crippen molar-refractivity contribution < 1.29 is 4.79 Å². The molecule has 0 aliphatic rings. The Morgan fingerprint density at radius 3 is 2.21 bits per heavy atom. The summed E-state index contributed by atoms with van der Waals surface area (Å²) in [5, 5.41) is 0. The average molecular weight is 217 g/mol. The zero-order chi connectivity index (χ0) is 11.1. The molecule has 0 N–H and O–H groups in total. The number of amides is 1. The van der Waals surface area contributed by atoms with Gasteiger partial charge in [0, 0.05) is 12.6 Å². The van der Waals surface area contributed by atoms with Crippen LogP contribution in [0, 0.1) is 5.92 Å². The highest BCUT2D eigenvalue weighted by Gasteiger charge is 2.17. The number of hydrogen-bond donors (Lipinski definition) is 0. The molecule has 0 spiro atoms. The Balaban J connectivity index is 4.12. The molecule has 0 saturated heterocycles. The van der Waals surface area contributed by atoms with Crippen molar-refractivity contribution in [1.29, 1.82) is 0 Å². The molecule has 0 atom stereocenters. The molecule has 0 aromatic heterocycles. The lowest BCUT2D eigenvalue weighted by molar-refractivity contribution is -0.130. The Hall–Kier alpha value is -0.180. The summed E-state index contributed by atoms with van der Waals surface area (Å²) < 4.78 is 0. The number of thioether (sulfide) groups is 1. The van der Waals surface area contributed by atoms with Gasteiger partial charge in [-0.05, 0) is 25.5 Å². The van der Waals surface area contributed by atoms with E-state index in [1.54, 1.807) is 11.8 Å². The maximum Gasteiger partial charge on any atom is 0.232 e. The maximum absolute atomic E-state index is 11.8. The number of carbonyl (C=O) groups is 1. The van der Waals surface area contributed by atoms with E-state index >= 15 is 0 Å². The van der Waals surface area contributed by atoms with Gasteiger partial charge in [0.25, 0.3) is 0 Å². The first-order valence-electron chi connectivity index (χ1n) is 5.36. The second-order valence-electron chi connectivity index (χ2n) is 4.17. The molecule has 0 saturated carbocycles. The van der Waals surface area contributed by atoms with Crippen LogP contribution in [-0.4, -0.2) is 34.9 Å². The third-order valence-corrected chi connectivity index (χ3v) is 2.79. The highest BCUT2D eigenvalue weighted by atomic mass is 32.2. The highest BCUT2D eigenvalue weighted by Crippen LogP contribution is 2.08. The van der Waals surface area contributed by atoms with E-state index in [-0.39, 0.29) is 5.91 Å². The molecule has 14 heavy (non-hydrogen) atoms. The normalized spacial score (nSPS) is 11.1. The number of nitrogens with zero attached hydrogens (tertiary/aromatic N) is 1. The Kier molecular flexibility index (Phi) is 7.06. The minimum Gasteiger partial charge on any atom is -0.339 e. The van der Waals surface area contributed by atoms with Gasteiger partial charge in [0.05, 0.1) is 5.75 Å². The van der Waals surface area contributed by atoms with Crippen molar-refractivity contribution in [2.24, 2.45) is 5.92 Å². The fourth-order valence-corrected chi connectivity index (χ4v) is 1.81. The van der Waals surface area contributed by atoms with Crippen LogP contribution in [0.15, 0.2) is 0 Å². The lowest BCUT2D eigenvalue weighted by atomic mass is 10.2. The number of carbonyl (C=O) groups excluding carboxylic acids is 1. The van der Waals surface area contributed by atoms with Gasteiger partial charge in [0.2, 0.25) is 5.91 Å². The zero-order valence-electron chi connectivity index (χ0n) is 10.0. The highest BCUT2D eigenvalue weighted by molar-refractivity contribution is 7.99. The van der Waals surface area contributed by atoms with Gasteiger partial charge in [-0.1, -0.05) is 20.8 Å². The van der Waals surface area contributed by atoms with Crippen LogP contribution in [-0.2, 0) is 4.79 Å². The predicted octanol–water partition coefficient (Wildman–Crippen LogP) is 2.63. The second kappa shape index (κ2) is 7.16. The molecule has 2 nitrogen and oxygen atoms in total. The Morgan fingerprint density at radius 2 is 1.86 bits per heavy atom. The fraction of sp³-hybridized carbons (Fsp3) is 0.909. The van der Waals surface area contributed by atoms with Gasteiger partial charge in [-0.2, -0.15) is 11.8 Å². The standard InChI is InChI=1S/C11H23NOS/c1-6-14-8-11(13)12(10(4)5)7-9(2)3/h9-10H,6-8H2,1-5H3. The fourth-order valence-electron chi connectivity index (χ4n) is 1.27. The summed E-state index contributed by atoms with van der Waals surface area (Å²) in [4.78, 5) is 13.8. The molecule has 1 amide bonds. The van der Waals surface area contributed by atoms with E-state index in [2.05, 4.69) is 34.6 Å². The summed E-state index contributed by atoms with van der Waals surface area (Å²) in [5.41, 5.74) is 0. The van der Waals surface area contributed by atoms with Crippen molar-refractivity contribution in [3.05, 3.63) is 0 Å². The molecule has 84 valence electrons. The Bertz CT molecular complexity index is 169. The van der Waals surface area contributed by atoms with Crippen LogP contribution in [0.2, 0.25) is 0 Å². The van der Waals surface area contributed by atoms with Crippen molar-refractivity contribution in [2.45, 2.75) is 40.7 Å². The van der Waals surface area contributed by atoms with Gasteiger partial charge >= 0.3 is 0 Å².